The van der Waals surface area contributed by atoms with Gasteiger partial charge in [-0.25, -0.2) is 0 Å². The number of aromatic hydroxyl groups is 1. The van der Waals surface area contributed by atoms with E-state index in [4.69, 9.17) is 11.6 Å². The average molecular weight is 235 g/mol. The highest BCUT2D eigenvalue weighted by molar-refractivity contribution is 6.30. The van der Waals surface area contributed by atoms with E-state index in [2.05, 4.69) is 11.8 Å². The summed E-state index contributed by atoms with van der Waals surface area (Å²) in [7, 11) is 0. The van der Waals surface area contributed by atoms with Crippen LogP contribution in [0.2, 0.25) is 5.02 Å². The molecule has 1 fully saturated rings. The molecule has 0 unspecified atom stereocenters. The highest BCUT2D eigenvalue weighted by Gasteiger charge is 2.09. The van der Waals surface area contributed by atoms with E-state index >= 15 is 0 Å². The van der Waals surface area contributed by atoms with Crippen LogP contribution < -0.4 is 0 Å². The van der Waals surface area contributed by atoms with Gasteiger partial charge in [-0.1, -0.05) is 42.7 Å². The maximum absolute atomic E-state index is 9.38. The van der Waals surface area contributed by atoms with Crippen molar-refractivity contribution in [1.82, 2.24) is 0 Å². The first-order valence-electron chi connectivity index (χ1n) is 5.75. The molecule has 1 aliphatic rings. The summed E-state index contributed by atoms with van der Waals surface area (Å²) >= 11 is 5.84. The molecule has 0 amide bonds. The van der Waals surface area contributed by atoms with Crippen molar-refractivity contribution in [2.75, 3.05) is 0 Å². The zero-order chi connectivity index (χ0) is 11.4. The highest BCUT2D eigenvalue weighted by Crippen LogP contribution is 2.23. The van der Waals surface area contributed by atoms with Gasteiger partial charge < -0.3 is 5.11 Å². The lowest BCUT2D eigenvalue weighted by Gasteiger charge is -2.15. The number of phenolic OH excluding ortho intramolecular Hbond substituents is 1. The molecule has 1 aliphatic carbocycles. The summed E-state index contributed by atoms with van der Waals surface area (Å²) in [6.07, 6.45) is 6.34. The molecule has 0 spiro atoms. The van der Waals surface area contributed by atoms with Crippen LogP contribution in [0.5, 0.6) is 5.75 Å². The van der Waals surface area contributed by atoms with Gasteiger partial charge in [0.25, 0.3) is 0 Å². The van der Waals surface area contributed by atoms with Crippen molar-refractivity contribution in [3.05, 3.63) is 28.8 Å². The van der Waals surface area contributed by atoms with E-state index in [0.29, 0.717) is 10.9 Å². The molecule has 16 heavy (non-hydrogen) atoms. The van der Waals surface area contributed by atoms with Crippen molar-refractivity contribution < 1.29 is 5.11 Å². The van der Waals surface area contributed by atoms with E-state index in [-0.39, 0.29) is 5.75 Å². The first-order valence-corrected chi connectivity index (χ1v) is 6.13. The lowest BCUT2D eigenvalue weighted by Crippen LogP contribution is -2.02. The number of phenols is 1. The van der Waals surface area contributed by atoms with Gasteiger partial charge in [0.1, 0.15) is 5.75 Å². The zero-order valence-electron chi connectivity index (χ0n) is 9.17. The molecular weight excluding hydrogens is 220 g/mol. The molecule has 0 aromatic heterocycles. The van der Waals surface area contributed by atoms with Crippen molar-refractivity contribution in [1.29, 1.82) is 0 Å². The molecular formula is C14H15ClO. The standard InChI is InChI=1S/C14H15ClO/c15-13-8-12(9-14(16)10-13)7-6-11-4-2-1-3-5-11/h8-11,16H,1-5H2. The largest absolute Gasteiger partial charge is 0.508 e. The smallest absolute Gasteiger partial charge is 0.118 e. The van der Waals surface area contributed by atoms with E-state index in [1.165, 1.54) is 38.2 Å². The van der Waals surface area contributed by atoms with E-state index in [9.17, 15) is 5.11 Å². The molecule has 2 heteroatoms. The summed E-state index contributed by atoms with van der Waals surface area (Å²) < 4.78 is 0. The minimum absolute atomic E-state index is 0.181. The van der Waals surface area contributed by atoms with Gasteiger partial charge in [-0.05, 0) is 31.0 Å². The lowest BCUT2D eigenvalue weighted by atomic mass is 9.90. The van der Waals surface area contributed by atoms with Gasteiger partial charge in [0.05, 0.1) is 0 Å². The van der Waals surface area contributed by atoms with Gasteiger partial charge >= 0.3 is 0 Å². The molecule has 84 valence electrons. The van der Waals surface area contributed by atoms with E-state index in [0.717, 1.165) is 5.56 Å². The Bertz CT molecular complexity index is 402. The van der Waals surface area contributed by atoms with Gasteiger partial charge in [-0.2, -0.15) is 0 Å². The second-order valence-electron chi connectivity index (χ2n) is 4.30. The molecule has 0 saturated heterocycles. The second-order valence-corrected chi connectivity index (χ2v) is 4.74. The summed E-state index contributed by atoms with van der Waals surface area (Å²) in [4.78, 5) is 0. The molecule has 2 rings (SSSR count). The monoisotopic (exact) mass is 234 g/mol. The topological polar surface area (TPSA) is 20.2 Å². The number of rotatable bonds is 0. The molecule has 0 bridgehead atoms. The van der Waals surface area contributed by atoms with Crippen molar-refractivity contribution in [3.8, 4) is 17.6 Å². The van der Waals surface area contributed by atoms with Crippen LogP contribution in [0.3, 0.4) is 0 Å². The Labute approximate surface area is 101 Å². The molecule has 0 heterocycles. The third-order valence-corrected chi connectivity index (χ3v) is 3.13. The molecule has 0 aliphatic heterocycles. The Balaban J connectivity index is 2.10. The first-order chi connectivity index (χ1) is 7.74. The fourth-order valence-corrected chi connectivity index (χ4v) is 2.31. The minimum Gasteiger partial charge on any atom is -0.508 e. The van der Waals surface area contributed by atoms with Crippen LogP contribution >= 0.6 is 11.6 Å². The number of halogens is 1. The van der Waals surface area contributed by atoms with Gasteiger partial charge in [-0.3, -0.25) is 0 Å². The zero-order valence-corrected chi connectivity index (χ0v) is 9.93. The minimum atomic E-state index is 0.181. The second kappa shape index (κ2) is 5.27. The van der Waals surface area contributed by atoms with Crippen LogP contribution in [0.25, 0.3) is 0 Å². The van der Waals surface area contributed by atoms with Crippen molar-refractivity contribution in [2.24, 2.45) is 5.92 Å². The van der Waals surface area contributed by atoms with Crippen LogP contribution in [0, 0.1) is 17.8 Å². The summed E-state index contributed by atoms with van der Waals surface area (Å²) in [5.41, 5.74) is 0.801. The first kappa shape index (κ1) is 11.4. The highest BCUT2D eigenvalue weighted by atomic mass is 35.5. The van der Waals surface area contributed by atoms with Crippen molar-refractivity contribution >= 4 is 11.6 Å². The molecule has 1 nitrogen and oxygen atoms in total. The third-order valence-electron chi connectivity index (χ3n) is 2.91. The Hall–Kier alpha value is -1.13. The Morgan fingerprint density at radius 2 is 1.88 bits per heavy atom. The van der Waals surface area contributed by atoms with Crippen LogP contribution in [-0.2, 0) is 0 Å². The van der Waals surface area contributed by atoms with E-state index < -0.39 is 0 Å². The summed E-state index contributed by atoms with van der Waals surface area (Å²) in [6, 6.07) is 4.96. The van der Waals surface area contributed by atoms with Gasteiger partial charge in [0.2, 0.25) is 0 Å². The summed E-state index contributed by atoms with van der Waals surface area (Å²) in [5.74, 6) is 7.08. The van der Waals surface area contributed by atoms with Crippen LogP contribution in [-0.4, -0.2) is 5.11 Å². The summed E-state index contributed by atoms with van der Waals surface area (Å²) in [6.45, 7) is 0. The third kappa shape index (κ3) is 3.18. The molecule has 1 aromatic carbocycles. The molecule has 0 atom stereocenters. The predicted molar refractivity (Wildman–Crippen MR) is 66.6 cm³/mol. The van der Waals surface area contributed by atoms with Gasteiger partial charge in [0.15, 0.2) is 0 Å². The van der Waals surface area contributed by atoms with Crippen LogP contribution in [0.1, 0.15) is 37.7 Å². The maximum atomic E-state index is 9.38. The van der Waals surface area contributed by atoms with Crippen molar-refractivity contribution in [3.63, 3.8) is 0 Å². The van der Waals surface area contributed by atoms with Crippen LogP contribution in [0.15, 0.2) is 18.2 Å². The summed E-state index contributed by atoms with van der Waals surface area (Å²) in [5, 5.41) is 9.91. The Kier molecular flexibility index (Phi) is 3.74. The SMILES string of the molecule is Oc1cc(Cl)cc(C#CC2CCCCC2)c1. The number of hydrogen-bond acceptors (Lipinski definition) is 1. The van der Waals surface area contributed by atoms with E-state index in [1.54, 1.807) is 12.1 Å². The molecule has 1 N–H and O–H groups in total. The van der Waals surface area contributed by atoms with Gasteiger partial charge in [-0.15, -0.1) is 0 Å². The van der Waals surface area contributed by atoms with Crippen molar-refractivity contribution in [2.45, 2.75) is 32.1 Å². The average Bonchev–Trinajstić information content (AvgIpc) is 2.27. The maximum Gasteiger partial charge on any atom is 0.118 e. The fourth-order valence-electron chi connectivity index (χ4n) is 2.08. The molecule has 0 radical (unpaired) electrons. The Morgan fingerprint density at radius 1 is 1.12 bits per heavy atom. The number of hydrogen-bond donors (Lipinski definition) is 1. The van der Waals surface area contributed by atoms with Gasteiger partial charge in [0, 0.05) is 16.5 Å². The molecule has 1 aromatic rings. The Morgan fingerprint density at radius 3 is 2.56 bits per heavy atom. The molecule has 1 saturated carbocycles. The van der Waals surface area contributed by atoms with E-state index in [1.807, 2.05) is 0 Å². The fraction of sp³-hybridized carbons (Fsp3) is 0.429. The normalized spacial score (nSPS) is 16.6. The predicted octanol–water partition coefficient (Wildman–Crippen LogP) is 3.98. The van der Waals surface area contributed by atoms with Crippen LogP contribution in [0.4, 0.5) is 0 Å². The quantitative estimate of drug-likeness (QED) is 0.674. The number of benzene rings is 1. The lowest BCUT2D eigenvalue weighted by molar-refractivity contribution is 0.430.